The highest BCUT2D eigenvalue weighted by atomic mass is 35.5. The molecule has 0 aliphatic carbocycles. The SMILES string of the molecule is Cc1cc(NC(=O)c2cc(-c3ccccc3)on2)nn1Cc1ccc(F)cc1Cl. The molecule has 0 aliphatic heterocycles. The highest BCUT2D eigenvalue weighted by Gasteiger charge is 2.16. The predicted octanol–water partition coefficient (Wildman–Crippen LogP) is 4.94. The summed E-state index contributed by atoms with van der Waals surface area (Å²) < 4.78 is 20.1. The van der Waals surface area contributed by atoms with Crippen molar-refractivity contribution in [1.82, 2.24) is 14.9 Å². The van der Waals surface area contributed by atoms with Crippen molar-refractivity contribution in [2.75, 3.05) is 5.32 Å². The Kier molecular flexibility index (Phi) is 5.14. The standard InChI is InChI=1S/C21H16ClFN4O2/c1-13-9-20(25-27(13)12-15-7-8-16(23)10-17(15)22)24-21(28)18-11-19(29-26-18)14-5-3-2-4-6-14/h2-11H,12H2,1H3,(H,24,25,28). The Morgan fingerprint density at radius 1 is 1.17 bits per heavy atom. The maximum atomic E-state index is 13.2. The summed E-state index contributed by atoms with van der Waals surface area (Å²) in [5.74, 6) is 0.0465. The van der Waals surface area contributed by atoms with Gasteiger partial charge in [-0.3, -0.25) is 9.48 Å². The second-order valence-corrected chi connectivity index (χ2v) is 6.87. The molecule has 0 atom stereocenters. The molecule has 0 bridgehead atoms. The van der Waals surface area contributed by atoms with Crippen molar-refractivity contribution < 1.29 is 13.7 Å². The van der Waals surface area contributed by atoms with Gasteiger partial charge in [0, 0.05) is 28.4 Å². The highest BCUT2D eigenvalue weighted by molar-refractivity contribution is 6.31. The minimum atomic E-state index is -0.430. The Bertz CT molecular complexity index is 1170. The lowest BCUT2D eigenvalue weighted by atomic mass is 10.1. The molecule has 0 spiro atoms. The Balaban J connectivity index is 1.48. The summed E-state index contributed by atoms with van der Waals surface area (Å²) >= 11 is 6.09. The van der Waals surface area contributed by atoms with Crippen LogP contribution in [-0.2, 0) is 6.54 Å². The maximum Gasteiger partial charge on any atom is 0.279 e. The molecule has 0 saturated carbocycles. The summed E-state index contributed by atoms with van der Waals surface area (Å²) in [6, 6.07) is 16.9. The van der Waals surface area contributed by atoms with Gasteiger partial charge in [0.2, 0.25) is 0 Å². The monoisotopic (exact) mass is 410 g/mol. The lowest BCUT2D eigenvalue weighted by molar-refractivity contribution is 0.101. The van der Waals surface area contributed by atoms with E-state index >= 15 is 0 Å². The average molecular weight is 411 g/mol. The van der Waals surface area contributed by atoms with E-state index in [9.17, 15) is 9.18 Å². The summed E-state index contributed by atoms with van der Waals surface area (Å²) in [5, 5.41) is 11.2. The van der Waals surface area contributed by atoms with Gasteiger partial charge in [0.15, 0.2) is 17.3 Å². The molecule has 2 aromatic heterocycles. The first-order chi connectivity index (χ1) is 14.0. The number of amides is 1. The van der Waals surface area contributed by atoms with Crippen LogP contribution in [0.25, 0.3) is 11.3 Å². The predicted molar refractivity (Wildman–Crippen MR) is 107 cm³/mol. The number of nitrogens with zero attached hydrogens (tertiary/aromatic N) is 3. The fourth-order valence-corrected chi connectivity index (χ4v) is 3.07. The molecular weight excluding hydrogens is 395 g/mol. The molecule has 2 heterocycles. The van der Waals surface area contributed by atoms with Crippen LogP contribution in [0.15, 0.2) is 65.2 Å². The molecule has 0 saturated heterocycles. The van der Waals surface area contributed by atoms with Gasteiger partial charge in [-0.15, -0.1) is 0 Å². The number of rotatable bonds is 5. The zero-order valence-corrected chi connectivity index (χ0v) is 16.2. The van der Waals surface area contributed by atoms with Crippen LogP contribution in [-0.4, -0.2) is 20.8 Å². The fraction of sp³-hybridized carbons (Fsp3) is 0.0952. The number of aromatic nitrogens is 3. The minimum Gasteiger partial charge on any atom is -0.355 e. The zero-order chi connectivity index (χ0) is 20.4. The van der Waals surface area contributed by atoms with Gasteiger partial charge < -0.3 is 9.84 Å². The van der Waals surface area contributed by atoms with E-state index in [0.29, 0.717) is 23.1 Å². The lowest BCUT2D eigenvalue weighted by Crippen LogP contribution is -2.13. The molecule has 6 nitrogen and oxygen atoms in total. The van der Waals surface area contributed by atoms with Crippen LogP contribution in [0.4, 0.5) is 10.2 Å². The first-order valence-electron chi connectivity index (χ1n) is 8.81. The molecular formula is C21H16ClFN4O2. The second kappa shape index (κ2) is 7.89. The van der Waals surface area contributed by atoms with Crippen LogP contribution in [0.3, 0.4) is 0 Å². The zero-order valence-electron chi connectivity index (χ0n) is 15.4. The van der Waals surface area contributed by atoms with Crippen molar-refractivity contribution in [3.05, 3.63) is 88.5 Å². The van der Waals surface area contributed by atoms with E-state index in [1.807, 2.05) is 37.3 Å². The molecule has 4 aromatic rings. The molecule has 8 heteroatoms. The number of anilines is 1. The molecule has 1 N–H and O–H groups in total. The lowest BCUT2D eigenvalue weighted by Gasteiger charge is -2.06. The molecule has 29 heavy (non-hydrogen) atoms. The van der Waals surface area contributed by atoms with Crippen molar-refractivity contribution in [2.45, 2.75) is 13.5 Å². The van der Waals surface area contributed by atoms with E-state index in [1.165, 1.54) is 12.1 Å². The third-order valence-corrected chi connectivity index (χ3v) is 4.71. The van der Waals surface area contributed by atoms with Crippen LogP contribution in [0, 0.1) is 12.7 Å². The van der Waals surface area contributed by atoms with Gasteiger partial charge in [-0.05, 0) is 24.6 Å². The number of nitrogens with one attached hydrogen (secondary N) is 1. The van der Waals surface area contributed by atoms with Crippen molar-refractivity contribution in [3.8, 4) is 11.3 Å². The van der Waals surface area contributed by atoms with E-state index in [-0.39, 0.29) is 5.69 Å². The summed E-state index contributed by atoms with van der Waals surface area (Å²) in [7, 11) is 0. The smallest absolute Gasteiger partial charge is 0.279 e. The summed E-state index contributed by atoms with van der Waals surface area (Å²) in [6.07, 6.45) is 0. The number of aryl methyl sites for hydroxylation is 1. The van der Waals surface area contributed by atoms with Gasteiger partial charge in [-0.2, -0.15) is 5.10 Å². The Labute approximate surface area is 170 Å². The summed E-state index contributed by atoms with van der Waals surface area (Å²) in [6.45, 7) is 2.20. The highest BCUT2D eigenvalue weighted by Crippen LogP contribution is 2.22. The normalized spacial score (nSPS) is 10.9. The van der Waals surface area contributed by atoms with Crippen LogP contribution < -0.4 is 5.32 Å². The van der Waals surface area contributed by atoms with Gasteiger partial charge >= 0.3 is 0 Å². The van der Waals surface area contributed by atoms with Crippen LogP contribution in [0.2, 0.25) is 5.02 Å². The van der Waals surface area contributed by atoms with E-state index < -0.39 is 11.7 Å². The molecule has 1 amide bonds. The van der Waals surface area contributed by atoms with Crippen LogP contribution in [0.5, 0.6) is 0 Å². The van der Waals surface area contributed by atoms with Gasteiger partial charge in [-0.25, -0.2) is 4.39 Å². The molecule has 2 aromatic carbocycles. The van der Waals surface area contributed by atoms with Crippen LogP contribution >= 0.6 is 11.6 Å². The Hall–Kier alpha value is -3.45. The molecule has 0 radical (unpaired) electrons. The van der Waals surface area contributed by atoms with Crippen LogP contribution in [0.1, 0.15) is 21.7 Å². The summed E-state index contributed by atoms with van der Waals surface area (Å²) in [4.78, 5) is 12.5. The number of hydrogen-bond donors (Lipinski definition) is 1. The van der Waals surface area contributed by atoms with Crippen molar-refractivity contribution in [1.29, 1.82) is 0 Å². The third kappa shape index (κ3) is 4.20. The number of carbonyl (C=O) groups is 1. The van der Waals surface area contributed by atoms with Gasteiger partial charge in [0.25, 0.3) is 5.91 Å². The first kappa shape index (κ1) is 18.9. The van der Waals surface area contributed by atoms with Gasteiger partial charge in [0.05, 0.1) is 6.54 Å². The van der Waals surface area contributed by atoms with E-state index in [4.69, 9.17) is 16.1 Å². The quantitative estimate of drug-likeness (QED) is 0.505. The van der Waals surface area contributed by atoms with E-state index in [1.54, 1.807) is 22.9 Å². The first-order valence-corrected chi connectivity index (χ1v) is 9.19. The number of halogens is 2. The Morgan fingerprint density at radius 2 is 1.97 bits per heavy atom. The van der Waals surface area contributed by atoms with E-state index in [2.05, 4.69) is 15.6 Å². The van der Waals surface area contributed by atoms with Gasteiger partial charge in [0.1, 0.15) is 5.82 Å². The molecule has 4 rings (SSSR count). The van der Waals surface area contributed by atoms with E-state index in [0.717, 1.165) is 16.8 Å². The number of carbonyl (C=O) groups excluding carboxylic acids is 1. The van der Waals surface area contributed by atoms with Gasteiger partial charge in [-0.1, -0.05) is 53.2 Å². The topological polar surface area (TPSA) is 73.0 Å². The van der Waals surface area contributed by atoms with Crippen molar-refractivity contribution in [2.24, 2.45) is 0 Å². The summed E-state index contributed by atoms with van der Waals surface area (Å²) in [5.41, 5.74) is 2.51. The fourth-order valence-electron chi connectivity index (χ4n) is 2.84. The largest absolute Gasteiger partial charge is 0.355 e. The number of benzene rings is 2. The minimum absolute atomic E-state index is 0.151. The molecule has 0 unspecified atom stereocenters. The molecule has 146 valence electrons. The van der Waals surface area contributed by atoms with Crippen molar-refractivity contribution in [3.63, 3.8) is 0 Å². The van der Waals surface area contributed by atoms with Crippen molar-refractivity contribution >= 4 is 23.3 Å². The average Bonchev–Trinajstić information content (AvgIpc) is 3.32. The number of hydrogen-bond acceptors (Lipinski definition) is 4. The maximum absolute atomic E-state index is 13.2. The third-order valence-electron chi connectivity index (χ3n) is 4.36. The molecule has 0 aliphatic rings. The molecule has 0 fully saturated rings. The second-order valence-electron chi connectivity index (χ2n) is 6.46. The Morgan fingerprint density at radius 3 is 2.72 bits per heavy atom.